The van der Waals surface area contributed by atoms with Crippen LogP contribution in [0.4, 0.5) is 4.79 Å². The highest BCUT2D eigenvalue weighted by atomic mass is 79.9. The molecule has 0 saturated carbocycles. The van der Waals surface area contributed by atoms with E-state index in [1.165, 1.54) is 4.90 Å². The van der Waals surface area contributed by atoms with Gasteiger partial charge >= 0.3 is 0 Å². The van der Waals surface area contributed by atoms with Crippen molar-refractivity contribution in [2.75, 3.05) is 19.8 Å². The number of imide groups is 1. The van der Waals surface area contributed by atoms with Crippen LogP contribution in [0.5, 0.6) is 0 Å². The predicted octanol–water partition coefficient (Wildman–Crippen LogP) is 3.78. The molecule has 0 unspecified atom stereocenters. The number of amides is 2. The number of halogens is 1. The lowest BCUT2D eigenvalue weighted by Gasteiger charge is -2.23. The van der Waals surface area contributed by atoms with Crippen LogP contribution in [0.25, 0.3) is 6.08 Å². The fraction of sp³-hybridized carbons (Fsp3) is 0.333. The Kier molecular flexibility index (Phi) is 5.61. The molecule has 0 N–H and O–H groups in total. The molecule has 0 bridgehead atoms. The van der Waals surface area contributed by atoms with E-state index in [9.17, 15) is 9.59 Å². The lowest BCUT2D eigenvalue weighted by molar-refractivity contribution is -0.124. The van der Waals surface area contributed by atoms with Crippen molar-refractivity contribution in [2.45, 2.75) is 13.8 Å². The Morgan fingerprint density at radius 1 is 1.19 bits per heavy atom. The number of benzene rings is 1. The molecule has 0 aliphatic carbocycles. The van der Waals surface area contributed by atoms with Crippen molar-refractivity contribution < 1.29 is 9.59 Å². The third kappa shape index (κ3) is 3.96. The van der Waals surface area contributed by atoms with Gasteiger partial charge in [-0.3, -0.25) is 19.4 Å². The van der Waals surface area contributed by atoms with Crippen molar-refractivity contribution in [1.82, 2.24) is 9.80 Å². The molecule has 2 amide bonds. The monoisotopic (exact) mass is 368 g/mol. The smallest absolute Gasteiger partial charge is 0.286 e. The van der Waals surface area contributed by atoms with Crippen LogP contribution < -0.4 is 0 Å². The molecule has 1 fully saturated rings. The van der Waals surface area contributed by atoms with Crippen LogP contribution in [0.3, 0.4) is 0 Å². The highest BCUT2D eigenvalue weighted by Crippen LogP contribution is 2.32. The number of carbonyl (C=O) groups excluding carboxylic acids is 2. The zero-order valence-corrected chi connectivity index (χ0v) is 14.4. The van der Waals surface area contributed by atoms with Crippen LogP contribution in [-0.4, -0.2) is 40.7 Å². The molecule has 1 aliphatic heterocycles. The van der Waals surface area contributed by atoms with Gasteiger partial charge in [0, 0.05) is 4.47 Å². The summed E-state index contributed by atoms with van der Waals surface area (Å²) in [5.74, 6) is -0.209. The van der Waals surface area contributed by atoms with Crippen molar-refractivity contribution in [3.63, 3.8) is 0 Å². The standard InChI is InChI=1S/C15H17BrN2O2S/c1-3-17(4-2)10-18-14(19)13(21-15(18)20)9-11-5-7-12(16)8-6-11/h5-9H,3-4,10H2,1-2H3/b13-9+. The van der Waals surface area contributed by atoms with E-state index in [4.69, 9.17) is 0 Å². The zero-order valence-electron chi connectivity index (χ0n) is 12.0. The van der Waals surface area contributed by atoms with E-state index in [0.29, 0.717) is 11.6 Å². The maximum Gasteiger partial charge on any atom is 0.294 e. The lowest BCUT2D eigenvalue weighted by atomic mass is 10.2. The van der Waals surface area contributed by atoms with Crippen LogP contribution in [0.2, 0.25) is 0 Å². The first-order chi connectivity index (χ1) is 10.0. The molecule has 112 valence electrons. The first kappa shape index (κ1) is 16.3. The SMILES string of the molecule is CCN(CC)CN1C(=O)S/C(=C/c2ccc(Br)cc2)C1=O. The Labute approximate surface area is 137 Å². The highest BCUT2D eigenvalue weighted by molar-refractivity contribution is 9.10. The fourth-order valence-electron chi connectivity index (χ4n) is 1.96. The predicted molar refractivity (Wildman–Crippen MR) is 89.7 cm³/mol. The Morgan fingerprint density at radius 2 is 1.81 bits per heavy atom. The van der Waals surface area contributed by atoms with Crippen molar-refractivity contribution in [3.8, 4) is 0 Å². The molecule has 1 aliphatic rings. The van der Waals surface area contributed by atoms with Gasteiger partial charge in [0.25, 0.3) is 11.1 Å². The minimum atomic E-state index is -0.209. The minimum absolute atomic E-state index is 0.199. The summed E-state index contributed by atoms with van der Waals surface area (Å²) in [4.78, 5) is 28.2. The van der Waals surface area contributed by atoms with Gasteiger partial charge in [-0.1, -0.05) is 41.9 Å². The molecule has 4 nitrogen and oxygen atoms in total. The van der Waals surface area contributed by atoms with Gasteiger partial charge in [-0.05, 0) is 48.6 Å². The van der Waals surface area contributed by atoms with Crippen molar-refractivity contribution in [2.24, 2.45) is 0 Å². The maximum absolute atomic E-state index is 12.3. The number of nitrogens with zero attached hydrogens (tertiary/aromatic N) is 2. The van der Waals surface area contributed by atoms with E-state index in [1.54, 1.807) is 6.08 Å². The molecule has 0 radical (unpaired) electrons. The van der Waals surface area contributed by atoms with Crippen LogP contribution in [0, 0.1) is 0 Å². The zero-order chi connectivity index (χ0) is 15.4. The highest BCUT2D eigenvalue weighted by Gasteiger charge is 2.35. The Balaban J connectivity index is 2.15. The van der Waals surface area contributed by atoms with Gasteiger partial charge in [0.1, 0.15) is 0 Å². The molecule has 0 spiro atoms. The molecule has 1 aromatic rings. The van der Waals surface area contributed by atoms with Crippen LogP contribution in [-0.2, 0) is 4.79 Å². The van der Waals surface area contributed by atoms with Crippen LogP contribution in [0.1, 0.15) is 19.4 Å². The van der Waals surface area contributed by atoms with E-state index in [-0.39, 0.29) is 11.1 Å². The van der Waals surface area contributed by atoms with Crippen molar-refractivity contribution >= 4 is 44.9 Å². The second-order valence-electron chi connectivity index (χ2n) is 4.61. The van der Waals surface area contributed by atoms with Gasteiger partial charge in [-0.25, -0.2) is 0 Å². The summed E-state index contributed by atoms with van der Waals surface area (Å²) < 4.78 is 0.981. The molecular formula is C15H17BrN2O2S. The average molecular weight is 369 g/mol. The number of hydrogen-bond donors (Lipinski definition) is 0. The van der Waals surface area contributed by atoms with Gasteiger partial charge in [0.2, 0.25) is 0 Å². The van der Waals surface area contributed by atoms with Crippen molar-refractivity contribution in [3.05, 3.63) is 39.2 Å². The van der Waals surface area contributed by atoms with Gasteiger partial charge in [0.15, 0.2) is 0 Å². The third-order valence-electron chi connectivity index (χ3n) is 3.28. The van der Waals surface area contributed by atoms with E-state index in [1.807, 2.05) is 43.0 Å². The van der Waals surface area contributed by atoms with E-state index in [2.05, 4.69) is 15.9 Å². The van der Waals surface area contributed by atoms with E-state index in [0.717, 1.165) is 34.9 Å². The summed E-state index contributed by atoms with van der Waals surface area (Å²) >= 11 is 4.38. The Hall–Kier alpha value is -1.11. The second-order valence-corrected chi connectivity index (χ2v) is 6.51. The first-order valence-corrected chi connectivity index (χ1v) is 8.39. The van der Waals surface area contributed by atoms with Crippen molar-refractivity contribution in [1.29, 1.82) is 0 Å². The molecular weight excluding hydrogens is 352 g/mol. The summed E-state index contributed by atoms with van der Waals surface area (Å²) in [6.07, 6.45) is 1.76. The van der Waals surface area contributed by atoms with Gasteiger partial charge in [-0.2, -0.15) is 0 Å². The van der Waals surface area contributed by atoms with E-state index < -0.39 is 0 Å². The molecule has 2 rings (SSSR count). The summed E-state index contributed by atoms with van der Waals surface area (Å²) in [5, 5.41) is -0.199. The summed E-state index contributed by atoms with van der Waals surface area (Å²) in [6, 6.07) is 7.63. The summed E-state index contributed by atoms with van der Waals surface area (Å²) in [5.41, 5.74) is 0.909. The minimum Gasteiger partial charge on any atom is -0.286 e. The molecule has 0 atom stereocenters. The number of thioether (sulfide) groups is 1. The van der Waals surface area contributed by atoms with Gasteiger partial charge < -0.3 is 0 Å². The average Bonchev–Trinajstić information content (AvgIpc) is 2.74. The molecule has 1 aromatic carbocycles. The molecule has 1 saturated heterocycles. The lowest BCUT2D eigenvalue weighted by Crippen LogP contribution is -2.40. The van der Waals surface area contributed by atoms with E-state index >= 15 is 0 Å². The largest absolute Gasteiger partial charge is 0.294 e. The first-order valence-electron chi connectivity index (χ1n) is 6.78. The molecule has 1 heterocycles. The number of hydrogen-bond acceptors (Lipinski definition) is 4. The Bertz CT molecular complexity index is 568. The summed E-state index contributed by atoms with van der Waals surface area (Å²) in [7, 11) is 0. The summed E-state index contributed by atoms with van der Waals surface area (Å²) in [6.45, 7) is 6.00. The van der Waals surface area contributed by atoms with Crippen LogP contribution in [0.15, 0.2) is 33.6 Å². The maximum atomic E-state index is 12.3. The van der Waals surface area contributed by atoms with Gasteiger partial charge in [0.05, 0.1) is 11.6 Å². The number of rotatable bonds is 5. The normalized spacial score (nSPS) is 17.3. The fourth-order valence-corrected chi connectivity index (χ4v) is 3.05. The third-order valence-corrected chi connectivity index (χ3v) is 4.71. The van der Waals surface area contributed by atoms with Crippen LogP contribution >= 0.6 is 27.7 Å². The molecule has 21 heavy (non-hydrogen) atoms. The molecule has 6 heteroatoms. The second kappa shape index (κ2) is 7.24. The molecule has 0 aromatic heterocycles. The topological polar surface area (TPSA) is 40.6 Å². The van der Waals surface area contributed by atoms with Gasteiger partial charge in [-0.15, -0.1) is 0 Å². The number of carbonyl (C=O) groups is 2. The Morgan fingerprint density at radius 3 is 2.38 bits per heavy atom. The quantitative estimate of drug-likeness (QED) is 0.741.